The van der Waals surface area contributed by atoms with Crippen LogP contribution in [-0.4, -0.2) is 26.6 Å². The normalized spacial score (nSPS) is 18.6. The minimum absolute atomic E-state index is 0.117. The molecule has 1 aliphatic rings. The first kappa shape index (κ1) is 15.3. The van der Waals surface area contributed by atoms with E-state index >= 15 is 0 Å². The van der Waals surface area contributed by atoms with Gasteiger partial charge in [-0.15, -0.1) is 0 Å². The van der Waals surface area contributed by atoms with Gasteiger partial charge in [-0.3, -0.25) is 0 Å². The van der Waals surface area contributed by atoms with E-state index in [2.05, 4.69) is 5.10 Å². The molecule has 0 spiro atoms. The number of aliphatic hydroxyl groups is 1. The average Bonchev–Trinajstić information content (AvgIpc) is 2.87. The van der Waals surface area contributed by atoms with Crippen LogP contribution in [0.3, 0.4) is 0 Å². The summed E-state index contributed by atoms with van der Waals surface area (Å²) in [6.45, 7) is 2.38. The van der Waals surface area contributed by atoms with Gasteiger partial charge in [0.1, 0.15) is 5.75 Å². The molecule has 0 amide bonds. The maximum atomic E-state index is 10.1. The molecule has 2 N–H and O–H groups in total. The molecule has 2 aromatic rings. The highest BCUT2D eigenvalue weighted by Gasteiger charge is 2.25. The number of nitrogens with zero attached hydrogens (tertiary/aromatic N) is 2. The Hall–Kier alpha value is -1.56. The van der Waals surface area contributed by atoms with Gasteiger partial charge in [-0.05, 0) is 44.4 Å². The number of hydrogen-bond acceptors (Lipinski definition) is 4. The van der Waals surface area contributed by atoms with Crippen molar-refractivity contribution < 1.29 is 14.9 Å². The summed E-state index contributed by atoms with van der Waals surface area (Å²) in [6, 6.07) is 4.86. The predicted molar refractivity (Wildman–Crippen MR) is 83.8 cm³/mol. The number of phenols is 1. The first-order valence-electron chi connectivity index (χ1n) is 7.41. The molecule has 22 heavy (non-hydrogen) atoms. The van der Waals surface area contributed by atoms with Gasteiger partial charge in [-0.25, -0.2) is 4.68 Å². The van der Waals surface area contributed by atoms with E-state index in [1.54, 1.807) is 22.9 Å². The van der Waals surface area contributed by atoms with E-state index in [0.717, 1.165) is 30.5 Å². The standard InChI is InChI=1S/C16H19ClN2O3/c1-10-16(12-8-11(17)5-6-14(12)21)13(9-20)19(18-10)15-4-2-3-7-22-15/h5-6,8,15,20-21H,2-4,7,9H2,1H3. The fourth-order valence-corrected chi connectivity index (χ4v) is 3.13. The molecule has 1 aromatic carbocycles. The third kappa shape index (κ3) is 2.72. The summed E-state index contributed by atoms with van der Waals surface area (Å²) in [5.41, 5.74) is 2.67. The second kappa shape index (κ2) is 6.28. The summed E-state index contributed by atoms with van der Waals surface area (Å²) in [6.07, 6.45) is 2.83. The molecule has 1 aromatic heterocycles. The van der Waals surface area contributed by atoms with E-state index in [-0.39, 0.29) is 18.6 Å². The van der Waals surface area contributed by atoms with Gasteiger partial charge in [-0.2, -0.15) is 5.10 Å². The first-order chi connectivity index (χ1) is 10.6. The van der Waals surface area contributed by atoms with Gasteiger partial charge < -0.3 is 14.9 Å². The fraction of sp³-hybridized carbons (Fsp3) is 0.438. The minimum Gasteiger partial charge on any atom is -0.507 e. The Morgan fingerprint density at radius 1 is 1.41 bits per heavy atom. The number of rotatable bonds is 3. The molecule has 3 rings (SSSR count). The quantitative estimate of drug-likeness (QED) is 0.908. The van der Waals surface area contributed by atoms with Crippen molar-refractivity contribution in [3.8, 4) is 16.9 Å². The molecule has 1 fully saturated rings. The number of phenolic OH excluding ortho intramolecular Hbond substituents is 1. The Labute approximate surface area is 134 Å². The molecule has 1 atom stereocenters. The Bertz CT molecular complexity index is 678. The maximum Gasteiger partial charge on any atom is 0.150 e. The van der Waals surface area contributed by atoms with Crippen molar-refractivity contribution in [1.82, 2.24) is 9.78 Å². The van der Waals surface area contributed by atoms with E-state index in [0.29, 0.717) is 22.9 Å². The number of aromatic nitrogens is 2. The van der Waals surface area contributed by atoms with Crippen LogP contribution in [0.2, 0.25) is 5.02 Å². The van der Waals surface area contributed by atoms with E-state index in [9.17, 15) is 10.2 Å². The average molecular weight is 323 g/mol. The minimum atomic E-state index is -0.179. The largest absolute Gasteiger partial charge is 0.507 e. The van der Waals surface area contributed by atoms with Gasteiger partial charge in [-0.1, -0.05) is 11.6 Å². The summed E-state index contributed by atoms with van der Waals surface area (Å²) in [5.74, 6) is 0.117. The molecule has 1 aliphatic heterocycles. The molecule has 6 heteroatoms. The lowest BCUT2D eigenvalue weighted by molar-refractivity contribution is -0.0427. The van der Waals surface area contributed by atoms with Crippen LogP contribution in [0.5, 0.6) is 5.75 Å². The van der Waals surface area contributed by atoms with Crippen molar-refractivity contribution in [3.63, 3.8) is 0 Å². The molecule has 0 aliphatic carbocycles. The number of ether oxygens (including phenoxy) is 1. The van der Waals surface area contributed by atoms with Gasteiger partial charge in [0.2, 0.25) is 0 Å². The summed E-state index contributed by atoms with van der Waals surface area (Å²) in [7, 11) is 0. The summed E-state index contributed by atoms with van der Waals surface area (Å²) < 4.78 is 7.51. The number of hydrogen-bond donors (Lipinski definition) is 2. The molecule has 1 saturated heterocycles. The number of benzene rings is 1. The molecule has 0 saturated carbocycles. The van der Waals surface area contributed by atoms with Gasteiger partial charge in [0.05, 0.1) is 18.0 Å². The lowest BCUT2D eigenvalue weighted by Crippen LogP contribution is -2.21. The number of aliphatic hydroxyl groups excluding tert-OH is 1. The third-order valence-corrected chi connectivity index (χ3v) is 4.23. The lowest BCUT2D eigenvalue weighted by Gasteiger charge is -2.24. The lowest BCUT2D eigenvalue weighted by atomic mass is 10.0. The zero-order valence-electron chi connectivity index (χ0n) is 12.4. The van der Waals surface area contributed by atoms with E-state index in [1.807, 2.05) is 6.92 Å². The molecule has 0 bridgehead atoms. The molecule has 118 valence electrons. The van der Waals surface area contributed by atoms with Crippen molar-refractivity contribution in [2.75, 3.05) is 6.61 Å². The Balaban J connectivity index is 2.11. The van der Waals surface area contributed by atoms with Crippen molar-refractivity contribution in [2.24, 2.45) is 0 Å². The topological polar surface area (TPSA) is 67.5 Å². The Morgan fingerprint density at radius 2 is 2.23 bits per heavy atom. The van der Waals surface area contributed by atoms with Crippen LogP contribution in [0, 0.1) is 6.92 Å². The number of aryl methyl sites for hydroxylation is 1. The fourth-order valence-electron chi connectivity index (χ4n) is 2.96. The van der Waals surface area contributed by atoms with Crippen LogP contribution in [0.25, 0.3) is 11.1 Å². The molecular weight excluding hydrogens is 304 g/mol. The van der Waals surface area contributed by atoms with Crippen LogP contribution in [-0.2, 0) is 11.3 Å². The summed E-state index contributed by atoms with van der Waals surface area (Å²) >= 11 is 6.04. The first-order valence-corrected chi connectivity index (χ1v) is 7.79. The van der Waals surface area contributed by atoms with E-state index in [4.69, 9.17) is 16.3 Å². The van der Waals surface area contributed by atoms with E-state index < -0.39 is 0 Å². The third-order valence-electron chi connectivity index (χ3n) is 3.99. The van der Waals surface area contributed by atoms with Crippen molar-refractivity contribution in [1.29, 1.82) is 0 Å². The molecule has 2 heterocycles. The summed E-state index contributed by atoms with van der Waals surface area (Å²) in [4.78, 5) is 0. The Kier molecular flexibility index (Phi) is 4.38. The molecular formula is C16H19ClN2O3. The van der Waals surface area contributed by atoms with Crippen LogP contribution in [0.4, 0.5) is 0 Å². The van der Waals surface area contributed by atoms with Crippen molar-refractivity contribution in [3.05, 3.63) is 34.6 Å². The SMILES string of the molecule is Cc1nn(C2CCCCO2)c(CO)c1-c1cc(Cl)ccc1O. The zero-order valence-corrected chi connectivity index (χ0v) is 13.2. The second-order valence-corrected chi connectivity index (χ2v) is 5.93. The van der Waals surface area contributed by atoms with Crippen LogP contribution < -0.4 is 0 Å². The van der Waals surface area contributed by atoms with Crippen molar-refractivity contribution >= 4 is 11.6 Å². The highest BCUT2D eigenvalue weighted by atomic mass is 35.5. The highest BCUT2D eigenvalue weighted by Crippen LogP contribution is 2.37. The van der Waals surface area contributed by atoms with Crippen LogP contribution in [0.15, 0.2) is 18.2 Å². The van der Waals surface area contributed by atoms with Crippen LogP contribution in [0.1, 0.15) is 36.9 Å². The molecule has 1 unspecified atom stereocenters. The number of halogens is 1. The predicted octanol–water partition coefficient (Wildman–Crippen LogP) is 3.41. The zero-order chi connectivity index (χ0) is 15.7. The highest BCUT2D eigenvalue weighted by molar-refractivity contribution is 6.31. The van der Waals surface area contributed by atoms with Gasteiger partial charge in [0.25, 0.3) is 0 Å². The second-order valence-electron chi connectivity index (χ2n) is 5.49. The smallest absolute Gasteiger partial charge is 0.150 e. The van der Waals surface area contributed by atoms with Gasteiger partial charge in [0, 0.05) is 22.8 Å². The monoisotopic (exact) mass is 322 g/mol. The summed E-state index contributed by atoms with van der Waals surface area (Å²) in [5, 5.41) is 25.0. The Morgan fingerprint density at radius 3 is 2.91 bits per heavy atom. The molecule has 5 nitrogen and oxygen atoms in total. The van der Waals surface area contributed by atoms with E-state index in [1.165, 1.54) is 0 Å². The molecule has 0 radical (unpaired) electrons. The maximum absolute atomic E-state index is 10.1. The van der Waals surface area contributed by atoms with Gasteiger partial charge in [0.15, 0.2) is 6.23 Å². The number of aromatic hydroxyl groups is 1. The van der Waals surface area contributed by atoms with Crippen LogP contribution >= 0.6 is 11.6 Å². The van der Waals surface area contributed by atoms with Gasteiger partial charge >= 0.3 is 0 Å². The van der Waals surface area contributed by atoms with Crippen molar-refractivity contribution in [2.45, 2.75) is 39.0 Å².